The number of hydrogen-bond donors (Lipinski definition) is 1. The Balaban J connectivity index is 1.72. The number of benzene rings is 2. The Morgan fingerprint density at radius 3 is 2.39 bits per heavy atom. The molecule has 0 spiro atoms. The van der Waals surface area contributed by atoms with Gasteiger partial charge in [0, 0.05) is 31.7 Å². The monoisotopic (exact) mass is 566 g/mol. The summed E-state index contributed by atoms with van der Waals surface area (Å²) in [6.45, 7) is 8.99. The number of carbonyl (C=O) groups excluding carboxylic acids is 2. The maximum Gasteiger partial charge on any atom is 0.295 e. The van der Waals surface area contributed by atoms with Crippen LogP contribution in [0.25, 0.3) is 5.76 Å². The highest BCUT2D eigenvalue weighted by molar-refractivity contribution is 6.46. The average Bonchev–Trinajstić information content (AvgIpc) is 3.25. The number of aliphatic hydroxyl groups excluding tert-OH is 1. The maximum absolute atomic E-state index is 13.5. The molecule has 222 valence electrons. The Morgan fingerprint density at radius 2 is 1.68 bits per heavy atom. The minimum absolute atomic E-state index is 0.0457. The van der Waals surface area contributed by atoms with Crippen molar-refractivity contribution in [1.82, 2.24) is 9.80 Å². The van der Waals surface area contributed by atoms with Crippen LogP contribution in [0.5, 0.6) is 17.2 Å². The molecule has 2 aliphatic rings. The number of morpholine rings is 1. The van der Waals surface area contributed by atoms with Crippen molar-refractivity contribution in [3.8, 4) is 17.2 Å². The van der Waals surface area contributed by atoms with Crippen molar-refractivity contribution in [3.63, 3.8) is 0 Å². The highest BCUT2D eigenvalue weighted by atomic mass is 16.5. The number of nitrogens with zero attached hydrogens (tertiary/aromatic N) is 2. The number of likely N-dealkylation sites (tertiary alicyclic amines) is 1. The highest BCUT2D eigenvalue weighted by Gasteiger charge is 2.46. The standard InChI is InChI=1S/C32H42N2O7/c1-4-6-17-40-25-10-8-9-24(21-25)30(35)28-29(23-11-12-26(27(22-23)38-3)41-18-7-5-2)34(32(37)31(28)36)14-13-33-15-19-39-20-16-33/h8-12,21-22,29,35H,4-7,13-20H2,1-3H3/b30-28+. The van der Waals surface area contributed by atoms with Crippen LogP contribution in [0, 0.1) is 0 Å². The van der Waals surface area contributed by atoms with Gasteiger partial charge in [-0.2, -0.15) is 0 Å². The first-order valence-electron chi connectivity index (χ1n) is 14.6. The molecule has 2 aromatic carbocycles. The summed E-state index contributed by atoms with van der Waals surface area (Å²) in [5, 5.41) is 11.5. The fraction of sp³-hybridized carbons (Fsp3) is 0.500. The van der Waals surface area contributed by atoms with E-state index in [1.807, 2.05) is 12.1 Å². The lowest BCUT2D eigenvalue weighted by Gasteiger charge is -2.31. The number of methoxy groups -OCH3 is 1. The van der Waals surface area contributed by atoms with E-state index in [9.17, 15) is 14.7 Å². The molecule has 4 rings (SSSR count). The molecule has 1 amide bonds. The molecule has 9 heteroatoms. The second-order valence-corrected chi connectivity index (χ2v) is 10.3. The lowest BCUT2D eigenvalue weighted by atomic mass is 9.95. The van der Waals surface area contributed by atoms with Crippen LogP contribution in [0.3, 0.4) is 0 Å². The SMILES string of the molecule is CCCCOc1cccc(/C(O)=C2\C(=O)C(=O)N(CCN3CCOCC3)C2c2ccc(OCCCC)c(OC)c2)c1. The van der Waals surface area contributed by atoms with Gasteiger partial charge in [0.15, 0.2) is 11.5 Å². The van der Waals surface area contributed by atoms with Gasteiger partial charge in [0.2, 0.25) is 0 Å². The van der Waals surface area contributed by atoms with Crippen molar-refractivity contribution in [1.29, 1.82) is 0 Å². The summed E-state index contributed by atoms with van der Waals surface area (Å²) < 4.78 is 22.8. The minimum atomic E-state index is -0.792. The van der Waals surface area contributed by atoms with E-state index in [0.29, 0.717) is 67.9 Å². The van der Waals surface area contributed by atoms with E-state index in [1.165, 1.54) is 0 Å². The number of rotatable bonds is 14. The van der Waals surface area contributed by atoms with Gasteiger partial charge in [0.05, 0.1) is 45.2 Å². The molecule has 0 aromatic heterocycles. The fourth-order valence-electron chi connectivity index (χ4n) is 5.05. The molecule has 0 radical (unpaired) electrons. The van der Waals surface area contributed by atoms with Crippen LogP contribution in [0.4, 0.5) is 0 Å². The largest absolute Gasteiger partial charge is 0.507 e. The highest BCUT2D eigenvalue weighted by Crippen LogP contribution is 2.42. The van der Waals surface area contributed by atoms with Crippen molar-refractivity contribution < 1.29 is 33.6 Å². The molecule has 2 heterocycles. The molecule has 2 aromatic rings. The van der Waals surface area contributed by atoms with Crippen molar-refractivity contribution >= 4 is 17.4 Å². The van der Waals surface area contributed by atoms with Gasteiger partial charge >= 0.3 is 0 Å². The van der Waals surface area contributed by atoms with E-state index < -0.39 is 17.7 Å². The van der Waals surface area contributed by atoms with Gasteiger partial charge in [-0.05, 0) is 42.7 Å². The van der Waals surface area contributed by atoms with E-state index in [4.69, 9.17) is 18.9 Å². The maximum atomic E-state index is 13.5. The van der Waals surface area contributed by atoms with Gasteiger partial charge in [-0.3, -0.25) is 14.5 Å². The second kappa shape index (κ2) is 14.9. The number of Topliss-reactive ketones (excluding diaryl/α,β-unsaturated/α-hetero) is 1. The van der Waals surface area contributed by atoms with Crippen LogP contribution >= 0.6 is 0 Å². The smallest absolute Gasteiger partial charge is 0.295 e. The Morgan fingerprint density at radius 1 is 0.951 bits per heavy atom. The van der Waals surface area contributed by atoms with Gasteiger partial charge < -0.3 is 29.0 Å². The summed E-state index contributed by atoms with van der Waals surface area (Å²) >= 11 is 0. The predicted molar refractivity (Wildman–Crippen MR) is 157 cm³/mol. The zero-order chi connectivity index (χ0) is 29.2. The van der Waals surface area contributed by atoms with Gasteiger partial charge in [-0.1, -0.05) is 44.9 Å². The van der Waals surface area contributed by atoms with Gasteiger partial charge in [0.25, 0.3) is 11.7 Å². The predicted octanol–water partition coefficient (Wildman–Crippen LogP) is 4.81. The third-order valence-electron chi connectivity index (χ3n) is 7.43. The van der Waals surface area contributed by atoms with Crippen molar-refractivity contribution in [2.75, 3.05) is 59.7 Å². The summed E-state index contributed by atoms with van der Waals surface area (Å²) in [7, 11) is 1.56. The number of ketones is 1. The number of ether oxygens (including phenoxy) is 4. The zero-order valence-electron chi connectivity index (χ0n) is 24.4. The molecule has 9 nitrogen and oxygen atoms in total. The van der Waals surface area contributed by atoms with Gasteiger partial charge in [-0.15, -0.1) is 0 Å². The number of hydrogen-bond acceptors (Lipinski definition) is 8. The number of carbonyl (C=O) groups is 2. The molecule has 2 saturated heterocycles. The Labute approximate surface area is 242 Å². The van der Waals surface area contributed by atoms with E-state index in [-0.39, 0.29) is 11.3 Å². The molecule has 0 aliphatic carbocycles. The van der Waals surface area contributed by atoms with Gasteiger partial charge in [-0.25, -0.2) is 0 Å². The number of aliphatic hydroxyl groups is 1. The minimum Gasteiger partial charge on any atom is -0.507 e. The summed E-state index contributed by atoms with van der Waals surface area (Å²) in [5.41, 5.74) is 1.12. The van der Waals surface area contributed by atoms with Crippen molar-refractivity contribution in [2.45, 2.75) is 45.6 Å². The molecule has 2 aliphatic heterocycles. The first-order valence-corrected chi connectivity index (χ1v) is 14.6. The fourth-order valence-corrected chi connectivity index (χ4v) is 5.05. The Bertz CT molecular complexity index is 1220. The summed E-state index contributed by atoms with van der Waals surface area (Å²) in [4.78, 5) is 30.7. The molecule has 0 saturated carbocycles. The van der Waals surface area contributed by atoms with E-state index in [1.54, 1.807) is 42.3 Å². The van der Waals surface area contributed by atoms with E-state index >= 15 is 0 Å². The molecule has 1 atom stereocenters. The number of amides is 1. The van der Waals surface area contributed by atoms with Crippen molar-refractivity contribution in [2.24, 2.45) is 0 Å². The topological polar surface area (TPSA) is 97.8 Å². The molecule has 1 unspecified atom stereocenters. The van der Waals surface area contributed by atoms with E-state index in [2.05, 4.69) is 18.7 Å². The average molecular weight is 567 g/mol. The molecule has 41 heavy (non-hydrogen) atoms. The molecule has 2 fully saturated rings. The van der Waals surface area contributed by atoms with E-state index in [0.717, 1.165) is 38.8 Å². The third-order valence-corrected chi connectivity index (χ3v) is 7.43. The second-order valence-electron chi connectivity index (χ2n) is 10.3. The van der Waals surface area contributed by atoms with Gasteiger partial charge in [0.1, 0.15) is 11.5 Å². The van der Waals surface area contributed by atoms with Crippen LogP contribution in [-0.2, 0) is 14.3 Å². The van der Waals surface area contributed by atoms with Crippen LogP contribution in [-0.4, -0.2) is 86.3 Å². The normalized spacial score (nSPS) is 19.0. The quantitative estimate of drug-likeness (QED) is 0.151. The molecular weight excluding hydrogens is 524 g/mol. The molecular formula is C32H42N2O7. The molecule has 1 N–H and O–H groups in total. The number of unbranched alkanes of at least 4 members (excludes halogenated alkanes) is 2. The van der Waals surface area contributed by atoms with Crippen molar-refractivity contribution in [3.05, 3.63) is 59.2 Å². The Kier molecular flexibility index (Phi) is 11.0. The summed E-state index contributed by atoms with van der Waals surface area (Å²) in [5.74, 6) is 0.105. The molecule has 0 bridgehead atoms. The lowest BCUT2D eigenvalue weighted by molar-refractivity contribution is -0.140. The van der Waals surface area contributed by atoms with Crippen LogP contribution in [0.1, 0.15) is 56.7 Å². The summed E-state index contributed by atoms with van der Waals surface area (Å²) in [6.07, 6.45) is 3.82. The zero-order valence-corrected chi connectivity index (χ0v) is 24.4. The first-order chi connectivity index (χ1) is 20.0. The lowest BCUT2D eigenvalue weighted by Crippen LogP contribution is -2.42. The van der Waals surface area contributed by atoms with Crippen LogP contribution in [0.15, 0.2) is 48.0 Å². The third kappa shape index (κ3) is 7.40. The first kappa shape index (κ1) is 30.4. The summed E-state index contributed by atoms with van der Waals surface area (Å²) in [6, 6.07) is 11.6. The van der Waals surface area contributed by atoms with Crippen LogP contribution in [0.2, 0.25) is 0 Å². The van der Waals surface area contributed by atoms with Crippen LogP contribution < -0.4 is 14.2 Å². The Hall–Kier alpha value is -3.56.